The van der Waals surface area contributed by atoms with Gasteiger partial charge in [0.25, 0.3) is 5.91 Å². The lowest BCUT2D eigenvalue weighted by molar-refractivity contribution is -0.385. The Morgan fingerprint density at radius 2 is 1.85 bits per heavy atom. The fourth-order valence-electron chi connectivity index (χ4n) is 2.23. The summed E-state index contributed by atoms with van der Waals surface area (Å²) in [5.41, 5.74) is -0.513. The van der Waals surface area contributed by atoms with Gasteiger partial charge in [-0.3, -0.25) is 14.9 Å². The van der Waals surface area contributed by atoms with E-state index in [1.807, 2.05) is 13.8 Å². The minimum absolute atomic E-state index is 0.0244. The molecule has 0 unspecified atom stereocenters. The minimum atomic E-state index is -0.845. The smallest absolute Gasteiger partial charge is 0.338 e. The maximum atomic E-state index is 12.0. The zero-order valence-corrected chi connectivity index (χ0v) is 15.5. The zero-order chi connectivity index (χ0) is 20.6. The third kappa shape index (κ3) is 6.57. The first kappa shape index (κ1) is 21.9. The van der Waals surface area contributed by atoms with E-state index >= 15 is 0 Å². The van der Waals surface area contributed by atoms with Gasteiger partial charge in [-0.15, -0.1) is 0 Å². The summed E-state index contributed by atoms with van der Waals surface area (Å²) in [6.45, 7) is 3.21. The Morgan fingerprint density at radius 3 is 2.37 bits per heavy atom. The molecule has 1 aromatic carbocycles. The molecular formula is C17H22N2O8. The van der Waals surface area contributed by atoms with Crippen molar-refractivity contribution in [2.24, 2.45) is 5.92 Å². The molecule has 0 saturated carbocycles. The molecule has 0 fully saturated rings. The molecule has 10 heteroatoms. The number of carbonyl (C=O) groups excluding carboxylic acids is 3. The summed E-state index contributed by atoms with van der Waals surface area (Å²) in [6, 6.07) is 2.63. The number of benzene rings is 1. The van der Waals surface area contributed by atoms with Crippen LogP contribution in [0.2, 0.25) is 0 Å². The van der Waals surface area contributed by atoms with E-state index in [-0.39, 0.29) is 17.2 Å². The standard InChI is InChI=1S/C17H22N2O8/c1-10(2)7-12(17(22)26-4)18-15(20)9-27-14-6-5-11(16(21)25-3)8-13(14)19(23)24/h5-6,8,10,12H,7,9H2,1-4H3,(H,18,20)/t12-/m0/s1. The average molecular weight is 382 g/mol. The van der Waals surface area contributed by atoms with Crippen LogP contribution in [0.5, 0.6) is 5.75 Å². The molecule has 0 bridgehead atoms. The molecule has 1 atom stereocenters. The van der Waals surface area contributed by atoms with Crippen molar-refractivity contribution in [2.75, 3.05) is 20.8 Å². The zero-order valence-electron chi connectivity index (χ0n) is 15.5. The third-order valence-corrected chi connectivity index (χ3v) is 3.46. The Morgan fingerprint density at radius 1 is 1.19 bits per heavy atom. The molecule has 0 radical (unpaired) electrons. The van der Waals surface area contributed by atoms with Gasteiger partial charge in [-0.05, 0) is 24.5 Å². The summed E-state index contributed by atoms with van der Waals surface area (Å²) in [5, 5.41) is 13.6. The number of nitrogens with zero attached hydrogens (tertiary/aromatic N) is 1. The number of methoxy groups -OCH3 is 2. The summed E-state index contributed by atoms with van der Waals surface area (Å²) in [5.74, 6) is -2.04. The van der Waals surface area contributed by atoms with E-state index in [1.165, 1.54) is 19.2 Å². The first-order valence-electron chi connectivity index (χ1n) is 8.06. The van der Waals surface area contributed by atoms with E-state index in [2.05, 4.69) is 14.8 Å². The van der Waals surface area contributed by atoms with Crippen molar-refractivity contribution in [3.63, 3.8) is 0 Å². The van der Waals surface area contributed by atoms with Crippen molar-refractivity contribution in [3.8, 4) is 5.75 Å². The van der Waals surface area contributed by atoms with Gasteiger partial charge in [0.05, 0.1) is 24.7 Å². The SMILES string of the molecule is COC(=O)c1ccc(OCC(=O)N[C@@H](CC(C)C)C(=O)OC)c([N+](=O)[O-])c1. The second kappa shape index (κ2) is 10.1. The lowest BCUT2D eigenvalue weighted by atomic mass is 10.0. The van der Waals surface area contributed by atoms with Crippen molar-refractivity contribution in [3.05, 3.63) is 33.9 Å². The van der Waals surface area contributed by atoms with Crippen LogP contribution in [0.4, 0.5) is 5.69 Å². The number of carbonyl (C=O) groups is 3. The van der Waals surface area contributed by atoms with Gasteiger partial charge in [0.1, 0.15) is 6.04 Å². The number of amides is 1. The van der Waals surface area contributed by atoms with Gasteiger partial charge < -0.3 is 19.5 Å². The highest BCUT2D eigenvalue weighted by molar-refractivity contribution is 5.90. The van der Waals surface area contributed by atoms with Gasteiger partial charge in [-0.1, -0.05) is 13.8 Å². The highest BCUT2D eigenvalue weighted by Gasteiger charge is 2.24. The molecule has 0 aliphatic carbocycles. The maximum absolute atomic E-state index is 12.0. The van der Waals surface area contributed by atoms with E-state index in [0.29, 0.717) is 6.42 Å². The lowest BCUT2D eigenvalue weighted by Gasteiger charge is -2.18. The fraction of sp³-hybridized carbons (Fsp3) is 0.471. The van der Waals surface area contributed by atoms with Gasteiger partial charge in [0.15, 0.2) is 12.4 Å². The number of hydrogen-bond acceptors (Lipinski definition) is 8. The molecule has 1 rings (SSSR count). The molecule has 1 amide bonds. The molecule has 0 aliphatic heterocycles. The number of nitro groups is 1. The summed E-state index contributed by atoms with van der Waals surface area (Å²) in [6.07, 6.45) is 0.367. The Hall–Kier alpha value is -3.17. The van der Waals surface area contributed by atoms with Gasteiger partial charge in [0, 0.05) is 6.07 Å². The monoisotopic (exact) mass is 382 g/mol. The summed E-state index contributed by atoms with van der Waals surface area (Å²) < 4.78 is 14.3. The van der Waals surface area contributed by atoms with Gasteiger partial charge in [-0.2, -0.15) is 0 Å². The van der Waals surface area contributed by atoms with E-state index in [9.17, 15) is 24.5 Å². The van der Waals surface area contributed by atoms with Crippen molar-refractivity contribution >= 4 is 23.5 Å². The summed E-state index contributed by atoms with van der Waals surface area (Å²) >= 11 is 0. The van der Waals surface area contributed by atoms with E-state index in [4.69, 9.17) is 4.74 Å². The first-order chi connectivity index (χ1) is 12.7. The van der Waals surface area contributed by atoms with Gasteiger partial charge in [0.2, 0.25) is 0 Å². The first-order valence-corrected chi connectivity index (χ1v) is 8.06. The minimum Gasteiger partial charge on any atom is -0.477 e. The van der Waals surface area contributed by atoms with Gasteiger partial charge in [-0.25, -0.2) is 9.59 Å². The number of esters is 2. The largest absolute Gasteiger partial charge is 0.477 e. The topological polar surface area (TPSA) is 134 Å². The predicted molar refractivity (Wildman–Crippen MR) is 93.3 cm³/mol. The molecule has 0 aromatic heterocycles. The number of ether oxygens (including phenoxy) is 3. The normalized spacial score (nSPS) is 11.4. The Labute approximate surface area is 155 Å². The quantitative estimate of drug-likeness (QED) is 0.385. The molecule has 0 spiro atoms. The molecule has 0 aliphatic rings. The van der Waals surface area contributed by atoms with Crippen molar-refractivity contribution in [1.82, 2.24) is 5.32 Å². The Bertz CT molecular complexity index is 717. The van der Waals surface area contributed by atoms with E-state index < -0.39 is 41.1 Å². The molecule has 0 heterocycles. The molecular weight excluding hydrogens is 360 g/mol. The van der Waals surface area contributed by atoms with Crippen molar-refractivity contribution < 1.29 is 33.5 Å². The van der Waals surface area contributed by atoms with Crippen LogP contribution in [0.3, 0.4) is 0 Å². The van der Waals surface area contributed by atoms with Crippen molar-refractivity contribution in [2.45, 2.75) is 26.3 Å². The molecule has 10 nitrogen and oxygen atoms in total. The Balaban J connectivity index is 2.84. The Kier molecular flexibility index (Phi) is 8.18. The van der Waals surface area contributed by atoms with E-state index in [0.717, 1.165) is 13.2 Å². The molecule has 1 N–H and O–H groups in total. The lowest BCUT2D eigenvalue weighted by Crippen LogP contribution is -2.44. The second-order valence-corrected chi connectivity index (χ2v) is 5.99. The number of nitrogens with one attached hydrogen (secondary N) is 1. The summed E-state index contributed by atoms with van der Waals surface area (Å²) in [7, 11) is 2.36. The van der Waals surface area contributed by atoms with Crippen LogP contribution in [0.1, 0.15) is 30.6 Å². The third-order valence-electron chi connectivity index (χ3n) is 3.46. The average Bonchev–Trinajstić information content (AvgIpc) is 2.63. The van der Waals surface area contributed by atoms with E-state index in [1.54, 1.807) is 0 Å². The molecule has 27 heavy (non-hydrogen) atoms. The molecule has 0 saturated heterocycles. The van der Waals surface area contributed by atoms with Crippen LogP contribution in [0.15, 0.2) is 18.2 Å². The number of hydrogen-bond donors (Lipinski definition) is 1. The summed E-state index contributed by atoms with van der Waals surface area (Å²) in [4.78, 5) is 45.7. The fourth-order valence-corrected chi connectivity index (χ4v) is 2.23. The maximum Gasteiger partial charge on any atom is 0.338 e. The molecule has 148 valence electrons. The second-order valence-electron chi connectivity index (χ2n) is 5.99. The van der Waals surface area contributed by atoms with Gasteiger partial charge >= 0.3 is 17.6 Å². The number of rotatable bonds is 9. The van der Waals surface area contributed by atoms with Crippen LogP contribution < -0.4 is 10.1 Å². The van der Waals surface area contributed by atoms with Crippen LogP contribution in [0, 0.1) is 16.0 Å². The van der Waals surface area contributed by atoms with Crippen LogP contribution in [-0.4, -0.2) is 49.6 Å². The highest BCUT2D eigenvalue weighted by Crippen LogP contribution is 2.28. The molecule has 1 aromatic rings. The van der Waals surface area contributed by atoms with Crippen molar-refractivity contribution in [1.29, 1.82) is 0 Å². The highest BCUT2D eigenvalue weighted by atomic mass is 16.6. The van der Waals surface area contributed by atoms with Crippen LogP contribution in [0.25, 0.3) is 0 Å². The van der Waals surface area contributed by atoms with Crippen LogP contribution >= 0.6 is 0 Å². The number of nitro benzene ring substituents is 1. The van der Waals surface area contributed by atoms with Crippen LogP contribution in [-0.2, 0) is 19.1 Å². The predicted octanol–water partition coefficient (Wildman–Crippen LogP) is 1.46.